The van der Waals surface area contributed by atoms with E-state index in [2.05, 4.69) is 16.8 Å². The van der Waals surface area contributed by atoms with Crippen LogP contribution >= 0.6 is 0 Å². The van der Waals surface area contributed by atoms with Gasteiger partial charge in [0.2, 0.25) is 0 Å². The molecule has 0 unspecified atom stereocenters. The number of piperidine rings is 1. The van der Waals surface area contributed by atoms with Crippen molar-refractivity contribution < 1.29 is 9.50 Å². The normalized spacial score (nSPS) is 20.4. The predicted octanol–water partition coefficient (Wildman–Crippen LogP) is 1.61. The zero-order valence-electron chi connectivity index (χ0n) is 10.2. The van der Waals surface area contributed by atoms with E-state index >= 15 is 0 Å². The highest BCUT2D eigenvalue weighted by atomic mass is 19.1. The van der Waals surface area contributed by atoms with Gasteiger partial charge in [-0.3, -0.25) is 4.98 Å². The molecule has 1 aromatic rings. The van der Waals surface area contributed by atoms with Crippen LogP contribution in [0.3, 0.4) is 0 Å². The molecule has 0 bridgehead atoms. The van der Waals surface area contributed by atoms with Gasteiger partial charge in [-0.05, 0) is 31.0 Å². The van der Waals surface area contributed by atoms with Crippen LogP contribution in [0, 0.1) is 5.82 Å². The Hall–Kier alpha value is -1.00. The third kappa shape index (κ3) is 3.23. The summed E-state index contributed by atoms with van der Waals surface area (Å²) in [5.74, 6) is -0.336. The summed E-state index contributed by atoms with van der Waals surface area (Å²) >= 11 is 0. The molecule has 1 aromatic heterocycles. The molecule has 17 heavy (non-hydrogen) atoms. The molecule has 4 heteroatoms. The van der Waals surface area contributed by atoms with Crippen molar-refractivity contribution in [3.63, 3.8) is 0 Å². The van der Waals surface area contributed by atoms with Gasteiger partial charge in [-0.25, -0.2) is 4.39 Å². The van der Waals surface area contributed by atoms with Crippen LogP contribution in [0.2, 0.25) is 0 Å². The Morgan fingerprint density at radius 1 is 1.41 bits per heavy atom. The monoisotopic (exact) mass is 238 g/mol. The van der Waals surface area contributed by atoms with Crippen LogP contribution in [-0.2, 0) is 6.42 Å². The number of aromatic nitrogens is 1. The van der Waals surface area contributed by atoms with Crippen molar-refractivity contribution in [2.75, 3.05) is 19.6 Å². The average molecular weight is 238 g/mol. The van der Waals surface area contributed by atoms with Gasteiger partial charge in [-0.1, -0.05) is 6.92 Å². The molecule has 2 heterocycles. The van der Waals surface area contributed by atoms with Crippen molar-refractivity contribution in [2.24, 2.45) is 0 Å². The molecular formula is C13H19FN2O. The second kappa shape index (κ2) is 5.10. The lowest BCUT2D eigenvalue weighted by atomic mass is 9.86. The van der Waals surface area contributed by atoms with Crippen molar-refractivity contribution in [1.29, 1.82) is 0 Å². The van der Waals surface area contributed by atoms with Gasteiger partial charge in [0.25, 0.3) is 0 Å². The lowest BCUT2D eigenvalue weighted by molar-refractivity contribution is -0.0195. The maximum atomic E-state index is 13.0. The fourth-order valence-corrected chi connectivity index (χ4v) is 2.39. The topological polar surface area (TPSA) is 36.4 Å². The molecule has 0 radical (unpaired) electrons. The van der Waals surface area contributed by atoms with Crippen molar-refractivity contribution in [3.05, 3.63) is 29.8 Å². The predicted molar refractivity (Wildman–Crippen MR) is 64.2 cm³/mol. The number of hydrogen-bond donors (Lipinski definition) is 1. The smallest absolute Gasteiger partial charge is 0.141 e. The molecular weight excluding hydrogens is 219 g/mol. The zero-order chi connectivity index (χ0) is 12.3. The third-order valence-corrected chi connectivity index (χ3v) is 3.53. The minimum atomic E-state index is -0.693. The first-order valence-electron chi connectivity index (χ1n) is 6.15. The molecule has 2 rings (SSSR count). The highest BCUT2D eigenvalue weighted by molar-refractivity contribution is 5.13. The van der Waals surface area contributed by atoms with Crippen LogP contribution in [-0.4, -0.2) is 40.2 Å². The number of aliphatic hydroxyl groups is 1. The van der Waals surface area contributed by atoms with Crippen molar-refractivity contribution >= 4 is 0 Å². The molecule has 0 spiro atoms. The van der Waals surface area contributed by atoms with Crippen LogP contribution in [0.15, 0.2) is 18.5 Å². The van der Waals surface area contributed by atoms with E-state index in [1.807, 2.05) is 0 Å². The highest BCUT2D eigenvalue weighted by Crippen LogP contribution is 2.26. The lowest BCUT2D eigenvalue weighted by Crippen LogP contribution is -2.45. The van der Waals surface area contributed by atoms with Crippen LogP contribution in [0.25, 0.3) is 0 Å². The van der Waals surface area contributed by atoms with Gasteiger partial charge in [-0.15, -0.1) is 0 Å². The molecule has 94 valence electrons. The number of halogens is 1. The summed E-state index contributed by atoms with van der Waals surface area (Å²) in [5.41, 5.74) is 0.0821. The van der Waals surface area contributed by atoms with Crippen LogP contribution in [0.4, 0.5) is 4.39 Å². The zero-order valence-corrected chi connectivity index (χ0v) is 10.2. The van der Waals surface area contributed by atoms with E-state index in [4.69, 9.17) is 0 Å². The molecule has 0 aliphatic carbocycles. The molecule has 1 N–H and O–H groups in total. The molecule has 0 atom stereocenters. The van der Waals surface area contributed by atoms with Crippen LogP contribution < -0.4 is 0 Å². The summed E-state index contributed by atoms with van der Waals surface area (Å²) in [4.78, 5) is 6.13. The second-order valence-electron chi connectivity index (χ2n) is 4.85. The molecule has 1 aliphatic rings. The van der Waals surface area contributed by atoms with E-state index in [1.165, 1.54) is 12.3 Å². The number of rotatable bonds is 3. The Bertz CT molecular complexity index is 375. The molecule has 0 amide bonds. The minimum Gasteiger partial charge on any atom is -0.389 e. The Balaban J connectivity index is 1.99. The Morgan fingerprint density at radius 3 is 2.71 bits per heavy atom. The summed E-state index contributed by atoms with van der Waals surface area (Å²) in [6, 6.07) is 1.46. The molecule has 0 aromatic carbocycles. The first-order chi connectivity index (χ1) is 8.11. The first kappa shape index (κ1) is 12.5. The van der Waals surface area contributed by atoms with Crippen molar-refractivity contribution in [1.82, 2.24) is 9.88 Å². The number of nitrogens with zero attached hydrogens (tertiary/aromatic N) is 2. The molecule has 1 fully saturated rings. The van der Waals surface area contributed by atoms with E-state index in [0.29, 0.717) is 6.42 Å². The van der Waals surface area contributed by atoms with Gasteiger partial charge >= 0.3 is 0 Å². The number of pyridine rings is 1. The van der Waals surface area contributed by atoms with E-state index in [0.717, 1.165) is 38.0 Å². The number of likely N-dealkylation sites (tertiary alicyclic amines) is 1. The van der Waals surface area contributed by atoms with Crippen LogP contribution in [0.5, 0.6) is 0 Å². The van der Waals surface area contributed by atoms with Crippen molar-refractivity contribution in [3.8, 4) is 0 Å². The fourth-order valence-electron chi connectivity index (χ4n) is 2.39. The van der Waals surface area contributed by atoms with Gasteiger partial charge < -0.3 is 10.0 Å². The summed E-state index contributed by atoms with van der Waals surface area (Å²) < 4.78 is 13.0. The molecule has 0 saturated carbocycles. The largest absolute Gasteiger partial charge is 0.389 e. The molecule has 1 saturated heterocycles. The molecule has 3 nitrogen and oxygen atoms in total. The van der Waals surface area contributed by atoms with Crippen molar-refractivity contribution in [2.45, 2.75) is 31.8 Å². The molecule has 1 aliphatic heterocycles. The van der Waals surface area contributed by atoms with E-state index in [1.54, 1.807) is 6.20 Å². The fraction of sp³-hybridized carbons (Fsp3) is 0.615. The summed E-state index contributed by atoms with van der Waals surface area (Å²) in [7, 11) is 0. The summed E-state index contributed by atoms with van der Waals surface area (Å²) in [5, 5.41) is 10.5. The third-order valence-electron chi connectivity index (χ3n) is 3.53. The van der Waals surface area contributed by atoms with Gasteiger partial charge in [0.05, 0.1) is 11.8 Å². The first-order valence-corrected chi connectivity index (χ1v) is 6.15. The standard InChI is InChI=1S/C13H19FN2O/c1-2-16-5-3-13(17,4-6-16)8-11-7-12(14)10-15-9-11/h7,9-10,17H,2-6,8H2,1H3. The Labute approximate surface area is 101 Å². The quantitative estimate of drug-likeness (QED) is 0.869. The lowest BCUT2D eigenvalue weighted by Gasteiger charge is -2.37. The maximum Gasteiger partial charge on any atom is 0.141 e. The average Bonchev–Trinajstić information content (AvgIpc) is 2.29. The highest BCUT2D eigenvalue weighted by Gasteiger charge is 2.31. The van der Waals surface area contributed by atoms with E-state index < -0.39 is 5.60 Å². The minimum absolute atomic E-state index is 0.336. The van der Waals surface area contributed by atoms with E-state index in [-0.39, 0.29) is 5.82 Å². The maximum absolute atomic E-state index is 13.0. The Kier molecular flexibility index (Phi) is 3.74. The second-order valence-corrected chi connectivity index (χ2v) is 4.85. The van der Waals surface area contributed by atoms with Gasteiger partial charge in [0, 0.05) is 25.7 Å². The summed E-state index contributed by atoms with van der Waals surface area (Å²) in [6.07, 6.45) is 4.81. The van der Waals surface area contributed by atoms with Gasteiger partial charge in [0.15, 0.2) is 0 Å². The van der Waals surface area contributed by atoms with Crippen LogP contribution in [0.1, 0.15) is 25.3 Å². The van der Waals surface area contributed by atoms with Gasteiger partial charge in [-0.2, -0.15) is 0 Å². The van der Waals surface area contributed by atoms with Gasteiger partial charge in [0.1, 0.15) is 5.82 Å². The number of hydrogen-bond acceptors (Lipinski definition) is 3. The summed E-state index contributed by atoms with van der Waals surface area (Å²) in [6.45, 7) is 4.98. The Morgan fingerprint density at radius 2 is 2.12 bits per heavy atom. The SMILES string of the molecule is CCN1CCC(O)(Cc2cncc(F)c2)CC1. The van der Waals surface area contributed by atoms with E-state index in [9.17, 15) is 9.50 Å².